The van der Waals surface area contributed by atoms with Crippen molar-refractivity contribution >= 4 is 5.97 Å². The molecule has 0 aromatic heterocycles. The van der Waals surface area contributed by atoms with Crippen LogP contribution in [-0.4, -0.2) is 71.1 Å². The fourth-order valence-corrected chi connectivity index (χ4v) is 9.78. The number of ether oxygens (including phenoxy) is 3. The molecule has 2 aliphatic heterocycles. The fourth-order valence-electron chi connectivity index (χ4n) is 9.78. The van der Waals surface area contributed by atoms with Gasteiger partial charge in [0.05, 0.1) is 11.0 Å². The maximum atomic E-state index is 13.9. The van der Waals surface area contributed by atoms with E-state index in [1.54, 1.807) is 0 Å². The molecule has 0 radical (unpaired) electrons. The monoisotopic (exact) mass is 664 g/mol. The van der Waals surface area contributed by atoms with Crippen LogP contribution in [0.15, 0.2) is 72.8 Å². The highest BCUT2D eigenvalue weighted by atomic mass is 16.6. The summed E-state index contributed by atoms with van der Waals surface area (Å²) in [5.41, 5.74) is 3.36. The highest BCUT2D eigenvalue weighted by Crippen LogP contribution is 2.67. The number of rotatable bonds is 12. The minimum absolute atomic E-state index is 0.129. The molecule has 49 heavy (non-hydrogen) atoms. The van der Waals surface area contributed by atoms with E-state index >= 15 is 0 Å². The molecule has 8 rings (SSSR count). The molecule has 2 heterocycles. The van der Waals surface area contributed by atoms with Crippen LogP contribution in [0.25, 0.3) is 0 Å². The van der Waals surface area contributed by atoms with Gasteiger partial charge in [0.1, 0.15) is 17.7 Å². The number of likely N-dealkylation sites (tertiary alicyclic amines) is 1. The zero-order valence-electron chi connectivity index (χ0n) is 29.3. The summed E-state index contributed by atoms with van der Waals surface area (Å²) < 4.78 is 20.4. The van der Waals surface area contributed by atoms with Gasteiger partial charge in [-0.15, -0.1) is 0 Å². The number of benzene rings is 3. The first kappa shape index (κ1) is 32.8. The molecule has 0 amide bonds. The third-order valence-electron chi connectivity index (χ3n) is 11.9. The Kier molecular flexibility index (Phi) is 8.53. The molecule has 6 atom stereocenters. The zero-order valence-corrected chi connectivity index (χ0v) is 29.3. The van der Waals surface area contributed by atoms with E-state index in [0.29, 0.717) is 18.8 Å². The standard InChI is InChI=1S/C42H52N2O5/c1-40(2,3)49-39(46)33(25-29-13-8-5-9-14-29)43-32-20-21-42(47-24-10-15-28-11-6-4-7-12-28)35-26-31-18-19-34(45)37-36(31)41(42,38(32)48-37)22-23-44(35)27-30-16-17-30/h4-9,11-14,18-19,30,32-33,35,38,43,45H,10,15-17,20-27H2,1-3H3/t32-,33-,35?,38-,41-,42+/m0/s1. The molecule has 2 N–H and O–H groups in total. The van der Waals surface area contributed by atoms with Crippen molar-refractivity contribution in [1.82, 2.24) is 10.2 Å². The van der Waals surface area contributed by atoms with Gasteiger partial charge in [-0.25, -0.2) is 0 Å². The van der Waals surface area contributed by atoms with Crippen LogP contribution in [0.5, 0.6) is 11.5 Å². The largest absolute Gasteiger partial charge is 0.504 e. The van der Waals surface area contributed by atoms with E-state index in [2.05, 4.69) is 58.7 Å². The van der Waals surface area contributed by atoms with Crippen LogP contribution in [0.1, 0.15) is 81.5 Å². The lowest BCUT2D eigenvalue weighted by Gasteiger charge is -2.66. The molecule has 3 aromatic carbocycles. The van der Waals surface area contributed by atoms with Crippen LogP contribution >= 0.6 is 0 Å². The third-order valence-corrected chi connectivity index (χ3v) is 11.9. The number of phenols is 1. The summed E-state index contributed by atoms with van der Waals surface area (Å²) in [7, 11) is 0. The second kappa shape index (κ2) is 12.7. The molecule has 1 unspecified atom stereocenters. The smallest absolute Gasteiger partial charge is 0.324 e. The Balaban J connectivity index is 1.15. The zero-order chi connectivity index (χ0) is 33.8. The molecular weight excluding hydrogens is 612 g/mol. The number of carbonyl (C=O) groups excluding carboxylic acids is 1. The van der Waals surface area contributed by atoms with Gasteiger partial charge in [0, 0.05) is 30.8 Å². The molecule has 5 aliphatic rings. The van der Waals surface area contributed by atoms with Gasteiger partial charge < -0.3 is 19.3 Å². The summed E-state index contributed by atoms with van der Waals surface area (Å²) in [5.74, 6) is 1.36. The van der Waals surface area contributed by atoms with Crippen LogP contribution in [0.2, 0.25) is 0 Å². The van der Waals surface area contributed by atoms with E-state index in [4.69, 9.17) is 14.2 Å². The average molecular weight is 665 g/mol. The van der Waals surface area contributed by atoms with Crippen LogP contribution in [0.3, 0.4) is 0 Å². The maximum Gasteiger partial charge on any atom is 0.324 e. The topological polar surface area (TPSA) is 80.3 Å². The summed E-state index contributed by atoms with van der Waals surface area (Å²) in [6, 6.07) is 24.4. The quantitative estimate of drug-likeness (QED) is 0.169. The highest BCUT2D eigenvalue weighted by Gasteiger charge is 2.74. The molecule has 3 aromatic rings. The molecule has 260 valence electrons. The van der Waals surface area contributed by atoms with Gasteiger partial charge in [-0.05, 0) is 114 Å². The fraction of sp³-hybridized carbons (Fsp3) is 0.548. The van der Waals surface area contributed by atoms with Crippen molar-refractivity contribution in [2.24, 2.45) is 5.92 Å². The van der Waals surface area contributed by atoms with Crippen molar-refractivity contribution in [1.29, 1.82) is 0 Å². The predicted molar refractivity (Wildman–Crippen MR) is 190 cm³/mol. The molecule has 3 aliphatic carbocycles. The van der Waals surface area contributed by atoms with Crippen molar-refractivity contribution in [2.45, 2.75) is 119 Å². The molecule has 3 fully saturated rings. The van der Waals surface area contributed by atoms with Gasteiger partial charge in [0.15, 0.2) is 11.5 Å². The van der Waals surface area contributed by atoms with Crippen molar-refractivity contribution in [3.8, 4) is 11.5 Å². The van der Waals surface area contributed by atoms with Crippen LogP contribution in [-0.2, 0) is 38.9 Å². The SMILES string of the molecule is CC(C)(C)OC(=O)[C@H](Cc1ccccc1)N[C@H]1CC[C@@]2(OCCCc3ccccc3)C3Cc4ccc(O)c5c4[C@@]2(CCN3CC2CC2)[C@H]1O5. The minimum Gasteiger partial charge on any atom is -0.504 e. The first-order valence-corrected chi connectivity index (χ1v) is 18.6. The average Bonchev–Trinajstić information content (AvgIpc) is 3.83. The number of esters is 1. The van der Waals surface area contributed by atoms with Gasteiger partial charge in [0.2, 0.25) is 0 Å². The van der Waals surface area contributed by atoms with Gasteiger partial charge >= 0.3 is 5.97 Å². The van der Waals surface area contributed by atoms with E-state index in [0.717, 1.165) is 68.7 Å². The highest BCUT2D eigenvalue weighted by molar-refractivity contribution is 5.77. The lowest BCUT2D eigenvalue weighted by Crippen LogP contribution is -2.79. The number of piperidine rings is 1. The van der Waals surface area contributed by atoms with Crippen molar-refractivity contribution < 1.29 is 24.1 Å². The van der Waals surface area contributed by atoms with E-state index in [1.807, 2.05) is 45.0 Å². The lowest BCUT2D eigenvalue weighted by atomic mass is 9.48. The number of hydrogen-bond acceptors (Lipinski definition) is 7. The summed E-state index contributed by atoms with van der Waals surface area (Å²) in [6.45, 7) is 8.55. The molecule has 7 heteroatoms. The molecular formula is C42H52N2O5. The number of hydrogen-bond donors (Lipinski definition) is 2. The number of nitrogens with zero attached hydrogens (tertiary/aromatic N) is 1. The van der Waals surface area contributed by atoms with Crippen molar-refractivity contribution in [2.75, 3.05) is 19.7 Å². The van der Waals surface area contributed by atoms with E-state index in [1.165, 1.54) is 24.0 Å². The Labute approximate surface area is 291 Å². The van der Waals surface area contributed by atoms with Gasteiger partial charge in [-0.3, -0.25) is 15.0 Å². The Morgan fingerprint density at radius 3 is 2.45 bits per heavy atom. The van der Waals surface area contributed by atoms with E-state index in [9.17, 15) is 9.90 Å². The summed E-state index contributed by atoms with van der Waals surface area (Å²) >= 11 is 0. The Morgan fingerprint density at radius 2 is 1.73 bits per heavy atom. The maximum absolute atomic E-state index is 13.9. The number of carbonyl (C=O) groups is 1. The Morgan fingerprint density at radius 1 is 1.00 bits per heavy atom. The van der Waals surface area contributed by atoms with Gasteiger partial charge in [-0.1, -0.05) is 66.7 Å². The second-order valence-corrected chi connectivity index (χ2v) is 16.3. The molecule has 7 nitrogen and oxygen atoms in total. The first-order chi connectivity index (χ1) is 23.7. The van der Waals surface area contributed by atoms with Crippen LogP contribution in [0, 0.1) is 5.92 Å². The molecule has 1 spiro atoms. The molecule has 2 bridgehead atoms. The second-order valence-electron chi connectivity index (χ2n) is 16.3. The van der Waals surface area contributed by atoms with Gasteiger partial charge in [-0.2, -0.15) is 0 Å². The van der Waals surface area contributed by atoms with E-state index in [-0.39, 0.29) is 29.9 Å². The summed E-state index contributed by atoms with van der Waals surface area (Å²) in [4.78, 5) is 16.6. The van der Waals surface area contributed by atoms with Crippen LogP contribution in [0.4, 0.5) is 0 Å². The summed E-state index contributed by atoms with van der Waals surface area (Å²) in [6.07, 6.45) is 8.26. The normalized spacial score (nSPS) is 29.2. The number of aromatic hydroxyl groups is 1. The Hall–Kier alpha value is -3.39. The first-order valence-electron chi connectivity index (χ1n) is 18.6. The van der Waals surface area contributed by atoms with E-state index < -0.39 is 22.7 Å². The summed E-state index contributed by atoms with van der Waals surface area (Å²) in [5, 5.41) is 15.1. The van der Waals surface area contributed by atoms with Crippen molar-refractivity contribution in [3.05, 3.63) is 95.1 Å². The minimum atomic E-state index is -0.604. The van der Waals surface area contributed by atoms with Crippen LogP contribution < -0.4 is 10.1 Å². The lowest BCUT2D eigenvalue weighted by molar-refractivity contribution is -0.221. The molecule has 1 saturated heterocycles. The number of aryl methyl sites for hydroxylation is 1. The Bertz CT molecular complexity index is 1650. The molecule has 2 saturated carbocycles. The number of phenolic OH excluding ortho intramolecular Hbond substituents is 1. The number of nitrogens with one attached hydrogen (secondary N) is 1. The predicted octanol–water partition coefficient (Wildman–Crippen LogP) is 6.52. The third kappa shape index (κ3) is 5.96. The van der Waals surface area contributed by atoms with Gasteiger partial charge in [0.25, 0.3) is 0 Å². The van der Waals surface area contributed by atoms with Crippen molar-refractivity contribution in [3.63, 3.8) is 0 Å².